The van der Waals surface area contributed by atoms with Crippen molar-refractivity contribution in [3.63, 3.8) is 0 Å². The van der Waals surface area contributed by atoms with Crippen LogP contribution in [0.15, 0.2) is 28.3 Å². The molecule has 160 valence electrons. The summed E-state index contributed by atoms with van der Waals surface area (Å²) < 4.78 is 35.3. The number of nitrogens with one attached hydrogen (secondary N) is 2. The molecule has 3 rings (SSSR count). The molecule has 11 heteroatoms. The predicted molar refractivity (Wildman–Crippen MR) is 114 cm³/mol. The van der Waals surface area contributed by atoms with Crippen molar-refractivity contribution in [2.75, 3.05) is 39.8 Å². The van der Waals surface area contributed by atoms with Gasteiger partial charge in [-0.1, -0.05) is 0 Å². The summed E-state index contributed by atoms with van der Waals surface area (Å²) in [6.07, 6.45) is 3.69. The maximum Gasteiger partial charge on any atom is 0.241 e. The van der Waals surface area contributed by atoms with Crippen molar-refractivity contribution in [2.45, 2.75) is 24.8 Å². The van der Waals surface area contributed by atoms with Gasteiger partial charge in [0, 0.05) is 55.2 Å². The van der Waals surface area contributed by atoms with E-state index in [1.807, 2.05) is 33.3 Å². The lowest BCUT2D eigenvalue weighted by atomic mass is 10.1. The van der Waals surface area contributed by atoms with Crippen LogP contribution in [0, 0.1) is 13.8 Å². The number of nitrogens with zero attached hydrogens (tertiary/aromatic N) is 4. The van der Waals surface area contributed by atoms with E-state index < -0.39 is 10.0 Å². The standard InChI is InChI=1S/C18H28N6O3S2/c1-13-9-17(14(2)28-13)29(25,26)22-6-5-20-18(19-3)24-7-8-27-16(12-24)15-10-21-23(4)11-15/h9-11,16,22H,5-8,12H2,1-4H3,(H,19,20). The number of guanidine groups is 1. The number of aliphatic imine (C=N–C) groups is 1. The zero-order chi connectivity index (χ0) is 21.0. The van der Waals surface area contributed by atoms with E-state index in [2.05, 4.69) is 25.0 Å². The predicted octanol–water partition coefficient (Wildman–Crippen LogP) is 1.03. The Morgan fingerprint density at radius 2 is 2.21 bits per heavy atom. The van der Waals surface area contributed by atoms with Gasteiger partial charge in [0.25, 0.3) is 0 Å². The van der Waals surface area contributed by atoms with Gasteiger partial charge in [0.2, 0.25) is 10.0 Å². The minimum absolute atomic E-state index is 0.0701. The van der Waals surface area contributed by atoms with E-state index in [9.17, 15) is 8.42 Å². The van der Waals surface area contributed by atoms with Gasteiger partial charge in [0.15, 0.2) is 5.96 Å². The molecule has 2 aromatic heterocycles. The third kappa shape index (κ3) is 5.35. The first kappa shape index (κ1) is 21.8. The summed E-state index contributed by atoms with van der Waals surface area (Å²) in [7, 11) is 0.0958. The normalized spacial score (nSPS) is 18.3. The molecule has 0 amide bonds. The summed E-state index contributed by atoms with van der Waals surface area (Å²) in [6.45, 7) is 6.39. The molecule has 0 aromatic carbocycles. The zero-order valence-electron chi connectivity index (χ0n) is 17.2. The lowest BCUT2D eigenvalue weighted by Gasteiger charge is -2.34. The summed E-state index contributed by atoms with van der Waals surface area (Å²) in [5.41, 5.74) is 1.03. The average molecular weight is 441 g/mol. The van der Waals surface area contributed by atoms with Crippen molar-refractivity contribution in [3.8, 4) is 0 Å². The molecule has 9 nitrogen and oxygen atoms in total. The molecule has 0 bridgehead atoms. The molecule has 29 heavy (non-hydrogen) atoms. The van der Waals surface area contributed by atoms with Crippen LogP contribution in [0.5, 0.6) is 0 Å². The largest absolute Gasteiger partial charge is 0.370 e. The molecule has 2 aromatic rings. The maximum atomic E-state index is 12.5. The van der Waals surface area contributed by atoms with Gasteiger partial charge in [0.1, 0.15) is 6.10 Å². The molecule has 0 spiro atoms. The number of sulfonamides is 1. The highest BCUT2D eigenvalue weighted by atomic mass is 32.2. The number of hydrogen-bond acceptors (Lipinski definition) is 6. The smallest absolute Gasteiger partial charge is 0.241 e. The second-order valence-corrected chi connectivity index (χ2v) is 10.1. The molecular weight excluding hydrogens is 412 g/mol. The molecule has 1 fully saturated rings. The first-order chi connectivity index (χ1) is 13.8. The fourth-order valence-electron chi connectivity index (χ4n) is 3.29. The molecule has 1 saturated heterocycles. The van der Waals surface area contributed by atoms with E-state index in [1.54, 1.807) is 17.8 Å². The summed E-state index contributed by atoms with van der Waals surface area (Å²) in [6, 6.07) is 1.71. The highest BCUT2D eigenvalue weighted by Crippen LogP contribution is 2.24. The lowest BCUT2D eigenvalue weighted by molar-refractivity contribution is -0.00800. The van der Waals surface area contributed by atoms with Crippen LogP contribution >= 0.6 is 11.3 Å². The first-order valence-electron chi connectivity index (χ1n) is 9.42. The Bertz CT molecular complexity index is 966. The molecule has 2 N–H and O–H groups in total. The molecule has 3 heterocycles. The molecule has 1 atom stereocenters. The Morgan fingerprint density at radius 1 is 1.41 bits per heavy atom. The van der Waals surface area contributed by atoms with Crippen molar-refractivity contribution >= 4 is 27.3 Å². The Labute approximate surface area is 175 Å². The number of hydrogen-bond donors (Lipinski definition) is 2. The van der Waals surface area contributed by atoms with Crippen LogP contribution in [0.25, 0.3) is 0 Å². The fraction of sp³-hybridized carbons (Fsp3) is 0.556. The van der Waals surface area contributed by atoms with Crippen molar-refractivity contribution in [1.82, 2.24) is 24.7 Å². The van der Waals surface area contributed by atoms with Gasteiger partial charge in [-0.05, 0) is 19.9 Å². The van der Waals surface area contributed by atoms with Gasteiger partial charge in [-0.3, -0.25) is 9.67 Å². The molecule has 0 aliphatic carbocycles. The van der Waals surface area contributed by atoms with E-state index >= 15 is 0 Å². The quantitative estimate of drug-likeness (QED) is 0.395. The van der Waals surface area contributed by atoms with E-state index in [4.69, 9.17) is 4.74 Å². The molecule has 0 radical (unpaired) electrons. The van der Waals surface area contributed by atoms with Gasteiger partial charge in [-0.2, -0.15) is 5.10 Å². The summed E-state index contributed by atoms with van der Waals surface area (Å²) in [4.78, 5) is 8.59. The molecule has 1 unspecified atom stereocenters. The van der Waals surface area contributed by atoms with Crippen molar-refractivity contribution in [2.24, 2.45) is 12.0 Å². The second kappa shape index (κ2) is 9.24. The number of thiophene rings is 1. The Hall–Kier alpha value is -1.95. The van der Waals surface area contributed by atoms with Gasteiger partial charge in [0.05, 0.1) is 24.2 Å². The van der Waals surface area contributed by atoms with E-state index in [0.717, 1.165) is 27.8 Å². The molecule has 0 saturated carbocycles. The summed E-state index contributed by atoms with van der Waals surface area (Å²) in [5, 5.41) is 7.44. The van der Waals surface area contributed by atoms with Crippen LogP contribution in [0.4, 0.5) is 0 Å². The fourth-order valence-corrected chi connectivity index (χ4v) is 5.88. The van der Waals surface area contributed by atoms with Crippen molar-refractivity contribution < 1.29 is 13.2 Å². The topological polar surface area (TPSA) is 101 Å². The van der Waals surface area contributed by atoms with Gasteiger partial charge in [-0.25, -0.2) is 13.1 Å². The lowest BCUT2D eigenvalue weighted by Crippen LogP contribution is -2.49. The van der Waals surface area contributed by atoms with Gasteiger partial charge in [-0.15, -0.1) is 11.3 Å². The number of rotatable bonds is 6. The van der Waals surface area contributed by atoms with Crippen LogP contribution in [-0.4, -0.2) is 68.9 Å². The van der Waals surface area contributed by atoms with E-state index in [1.165, 1.54) is 11.3 Å². The Morgan fingerprint density at radius 3 is 2.83 bits per heavy atom. The Balaban J connectivity index is 1.52. The number of aromatic nitrogens is 2. The van der Waals surface area contributed by atoms with E-state index in [-0.39, 0.29) is 12.6 Å². The number of aryl methyl sites for hydroxylation is 3. The van der Waals surface area contributed by atoms with E-state index in [0.29, 0.717) is 24.6 Å². The van der Waals surface area contributed by atoms with Gasteiger partial charge >= 0.3 is 0 Å². The maximum absolute atomic E-state index is 12.5. The third-order valence-electron chi connectivity index (χ3n) is 4.66. The summed E-state index contributed by atoms with van der Waals surface area (Å²) >= 11 is 1.48. The van der Waals surface area contributed by atoms with Crippen LogP contribution in [0.1, 0.15) is 21.4 Å². The minimum atomic E-state index is -3.50. The highest BCUT2D eigenvalue weighted by molar-refractivity contribution is 7.89. The first-order valence-corrected chi connectivity index (χ1v) is 11.7. The molecule has 1 aliphatic rings. The zero-order valence-corrected chi connectivity index (χ0v) is 18.8. The molecular formula is C18H28N6O3S2. The second-order valence-electron chi connectivity index (χ2n) is 6.90. The van der Waals surface area contributed by atoms with Crippen LogP contribution < -0.4 is 10.0 Å². The van der Waals surface area contributed by atoms with Crippen LogP contribution in [-0.2, 0) is 21.8 Å². The number of ether oxygens (including phenoxy) is 1. The highest BCUT2D eigenvalue weighted by Gasteiger charge is 2.25. The SMILES string of the molecule is CN=C(NCCNS(=O)(=O)c1cc(C)sc1C)N1CCOC(c2cnn(C)c2)C1. The minimum Gasteiger partial charge on any atom is -0.370 e. The van der Waals surface area contributed by atoms with Crippen molar-refractivity contribution in [3.05, 3.63) is 33.8 Å². The third-order valence-corrected chi connectivity index (χ3v) is 7.34. The van der Waals surface area contributed by atoms with Crippen LogP contribution in [0.3, 0.4) is 0 Å². The average Bonchev–Trinajstić information content (AvgIpc) is 3.27. The van der Waals surface area contributed by atoms with Crippen LogP contribution in [0.2, 0.25) is 0 Å². The number of morpholine rings is 1. The Kier molecular flexibility index (Phi) is 6.93. The summed E-state index contributed by atoms with van der Waals surface area (Å²) in [5.74, 6) is 0.726. The van der Waals surface area contributed by atoms with Gasteiger partial charge < -0.3 is 15.0 Å². The monoisotopic (exact) mass is 440 g/mol. The van der Waals surface area contributed by atoms with Crippen molar-refractivity contribution in [1.29, 1.82) is 0 Å². The molecule has 1 aliphatic heterocycles.